The number of amides is 1. The minimum absolute atomic E-state index is 0.106. The van der Waals surface area contributed by atoms with Gasteiger partial charge >= 0.3 is 0 Å². The van der Waals surface area contributed by atoms with Crippen LogP contribution in [-0.2, 0) is 0 Å². The molecule has 0 spiro atoms. The fourth-order valence-corrected chi connectivity index (χ4v) is 4.86. The lowest BCUT2D eigenvalue weighted by Crippen LogP contribution is -2.34. The lowest BCUT2D eigenvalue weighted by molar-refractivity contribution is 0.0719. The van der Waals surface area contributed by atoms with Gasteiger partial charge in [-0.25, -0.2) is 0 Å². The van der Waals surface area contributed by atoms with E-state index in [1.807, 2.05) is 48.2 Å². The molecular formula is C29H36N2O3. The zero-order valence-corrected chi connectivity index (χ0v) is 20.7. The largest absolute Gasteiger partial charge is 0.450 e. The monoisotopic (exact) mass is 460 g/mol. The molecular weight excluding hydrogens is 424 g/mol. The van der Waals surface area contributed by atoms with Gasteiger partial charge in [-0.1, -0.05) is 68.7 Å². The Kier molecular flexibility index (Phi) is 7.84. The van der Waals surface area contributed by atoms with Gasteiger partial charge in [-0.3, -0.25) is 9.59 Å². The first-order chi connectivity index (χ1) is 16.5. The molecule has 1 atom stereocenters. The van der Waals surface area contributed by atoms with Crippen LogP contribution in [0.25, 0.3) is 11.0 Å². The summed E-state index contributed by atoms with van der Waals surface area (Å²) in [5.41, 5.74) is 2.93. The van der Waals surface area contributed by atoms with E-state index in [1.165, 1.54) is 25.7 Å². The van der Waals surface area contributed by atoms with Crippen LogP contribution in [0.1, 0.15) is 79.2 Å². The number of unbranched alkanes of at least 4 members (excludes halogenated alkanes) is 2. The van der Waals surface area contributed by atoms with Crippen molar-refractivity contribution < 1.29 is 9.21 Å². The predicted molar refractivity (Wildman–Crippen MR) is 137 cm³/mol. The molecule has 0 saturated carbocycles. The van der Waals surface area contributed by atoms with E-state index < -0.39 is 6.04 Å². The molecule has 1 aliphatic heterocycles. The Labute approximate surface area is 202 Å². The van der Waals surface area contributed by atoms with E-state index in [1.54, 1.807) is 12.1 Å². The fourth-order valence-electron chi connectivity index (χ4n) is 4.86. The van der Waals surface area contributed by atoms with E-state index in [4.69, 9.17) is 4.42 Å². The van der Waals surface area contributed by atoms with E-state index in [9.17, 15) is 9.59 Å². The lowest BCUT2D eigenvalue weighted by Gasteiger charge is -2.27. The predicted octanol–water partition coefficient (Wildman–Crippen LogP) is 5.94. The molecule has 5 heteroatoms. The summed E-state index contributed by atoms with van der Waals surface area (Å²) in [4.78, 5) is 31.4. The average molecular weight is 461 g/mol. The van der Waals surface area contributed by atoms with E-state index in [0.29, 0.717) is 23.1 Å². The molecule has 0 aliphatic carbocycles. The quantitative estimate of drug-likeness (QED) is 0.355. The van der Waals surface area contributed by atoms with Crippen molar-refractivity contribution in [2.75, 3.05) is 26.2 Å². The minimum Gasteiger partial charge on any atom is -0.450 e. The van der Waals surface area contributed by atoms with Crippen LogP contribution in [0.2, 0.25) is 0 Å². The first-order valence-corrected chi connectivity index (χ1v) is 12.7. The summed E-state index contributed by atoms with van der Waals surface area (Å²) in [6, 6.07) is 14.9. The molecule has 1 unspecified atom stereocenters. The lowest BCUT2D eigenvalue weighted by atomic mass is 9.97. The molecule has 0 radical (unpaired) electrons. The number of nitrogens with zero attached hydrogens (tertiary/aromatic N) is 2. The van der Waals surface area contributed by atoms with Crippen LogP contribution >= 0.6 is 0 Å². The Balaban J connectivity index is 1.64. The molecule has 0 saturated heterocycles. The maximum atomic E-state index is 13.5. The average Bonchev–Trinajstić information content (AvgIpc) is 3.13. The van der Waals surface area contributed by atoms with Crippen molar-refractivity contribution in [2.45, 2.75) is 58.9 Å². The van der Waals surface area contributed by atoms with Gasteiger partial charge in [0.15, 0.2) is 5.43 Å². The second-order valence-corrected chi connectivity index (χ2v) is 9.38. The summed E-state index contributed by atoms with van der Waals surface area (Å²) >= 11 is 0. The molecule has 0 bridgehead atoms. The third-order valence-electron chi connectivity index (χ3n) is 6.80. The van der Waals surface area contributed by atoms with E-state index in [-0.39, 0.29) is 17.1 Å². The molecule has 2 aromatic carbocycles. The summed E-state index contributed by atoms with van der Waals surface area (Å²) in [7, 11) is 0. The Hall–Kier alpha value is -2.92. The van der Waals surface area contributed by atoms with Gasteiger partial charge in [0.2, 0.25) is 5.76 Å². The van der Waals surface area contributed by atoms with Crippen LogP contribution in [0, 0.1) is 6.92 Å². The highest BCUT2D eigenvalue weighted by Gasteiger charge is 2.42. The topological polar surface area (TPSA) is 53.8 Å². The van der Waals surface area contributed by atoms with Crippen molar-refractivity contribution in [1.82, 2.24) is 9.80 Å². The molecule has 3 aromatic rings. The van der Waals surface area contributed by atoms with Crippen molar-refractivity contribution >= 4 is 16.9 Å². The molecule has 5 nitrogen and oxygen atoms in total. The SMILES string of the molecule is CCCCN(CCCC)CCCN1C(=O)c2oc3ccccc3c(=O)c2C1c1ccc(C)cc1. The third kappa shape index (κ3) is 4.95. The molecule has 2 heterocycles. The van der Waals surface area contributed by atoms with Crippen LogP contribution in [0.15, 0.2) is 57.7 Å². The Bertz CT molecular complexity index is 1170. The number of aryl methyl sites for hydroxylation is 1. The summed E-state index contributed by atoms with van der Waals surface area (Å²) in [5, 5.41) is 0.526. The second-order valence-electron chi connectivity index (χ2n) is 9.38. The van der Waals surface area contributed by atoms with Crippen molar-refractivity contribution in [3.05, 3.63) is 81.2 Å². The van der Waals surface area contributed by atoms with Gasteiger partial charge in [0.25, 0.3) is 5.91 Å². The number of benzene rings is 2. The van der Waals surface area contributed by atoms with E-state index in [2.05, 4.69) is 18.7 Å². The molecule has 4 rings (SSSR count). The van der Waals surface area contributed by atoms with Crippen molar-refractivity contribution in [2.24, 2.45) is 0 Å². The highest BCUT2D eigenvalue weighted by Crippen LogP contribution is 2.38. The van der Waals surface area contributed by atoms with Crippen LogP contribution < -0.4 is 5.43 Å². The normalized spacial score (nSPS) is 15.5. The molecule has 1 aliphatic rings. The first-order valence-electron chi connectivity index (χ1n) is 12.7. The highest BCUT2D eigenvalue weighted by atomic mass is 16.3. The number of carbonyl (C=O) groups is 1. The van der Waals surface area contributed by atoms with Crippen molar-refractivity contribution in [1.29, 1.82) is 0 Å². The zero-order valence-electron chi connectivity index (χ0n) is 20.7. The fraction of sp³-hybridized carbons (Fsp3) is 0.448. The molecule has 0 N–H and O–H groups in total. The molecule has 34 heavy (non-hydrogen) atoms. The maximum absolute atomic E-state index is 13.5. The Morgan fingerprint density at radius 2 is 1.53 bits per heavy atom. The Morgan fingerprint density at radius 1 is 0.882 bits per heavy atom. The number of rotatable bonds is 11. The van der Waals surface area contributed by atoms with Gasteiger partial charge in [0, 0.05) is 6.54 Å². The summed E-state index contributed by atoms with van der Waals surface area (Å²) in [6.07, 6.45) is 5.60. The van der Waals surface area contributed by atoms with Gasteiger partial charge in [-0.05, 0) is 63.5 Å². The first kappa shape index (κ1) is 24.2. The molecule has 0 fully saturated rings. The Morgan fingerprint density at radius 3 is 2.21 bits per heavy atom. The molecule has 1 amide bonds. The van der Waals surface area contributed by atoms with Crippen molar-refractivity contribution in [3.63, 3.8) is 0 Å². The minimum atomic E-state index is -0.413. The highest BCUT2D eigenvalue weighted by molar-refractivity contribution is 5.99. The standard InChI is InChI=1S/C29H36N2O3/c1-4-6-17-30(18-7-5-2)19-10-20-31-26(22-15-13-21(3)14-16-22)25-27(32)23-11-8-9-12-24(23)34-28(25)29(31)33/h8-9,11-16,26H,4-7,10,17-20H2,1-3H3. The van der Waals surface area contributed by atoms with Crippen LogP contribution in [0.5, 0.6) is 0 Å². The summed E-state index contributed by atoms with van der Waals surface area (Å²) in [5.74, 6) is 0.0141. The third-order valence-corrected chi connectivity index (χ3v) is 6.80. The van der Waals surface area contributed by atoms with Gasteiger partial charge in [-0.2, -0.15) is 0 Å². The summed E-state index contributed by atoms with van der Waals surface area (Å²) < 4.78 is 6.04. The van der Waals surface area contributed by atoms with Crippen LogP contribution in [0.4, 0.5) is 0 Å². The van der Waals surface area contributed by atoms with E-state index in [0.717, 1.165) is 37.2 Å². The van der Waals surface area contributed by atoms with Gasteiger partial charge in [0.05, 0.1) is 17.0 Å². The number of hydrogen-bond donors (Lipinski definition) is 0. The van der Waals surface area contributed by atoms with Crippen LogP contribution in [-0.4, -0.2) is 41.9 Å². The van der Waals surface area contributed by atoms with Crippen molar-refractivity contribution in [3.8, 4) is 0 Å². The van der Waals surface area contributed by atoms with Gasteiger partial charge in [0.1, 0.15) is 5.58 Å². The number of hydrogen-bond acceptors (Lipinski definition) is 4. The summed E-state index contributed by atoms with van der Waals surface area (Å²) in [6.45, 7) is 10.2. The second kappa shape index (κ2) is 11.0. The number of carbonyl (C=O) groups excluding carboxylic acids is 1. The smallest absolute Gasteiger partial charge is 0.290 e. The van der Waals surface area contributed by atoms with Crippen LogP contribution in [0.3, 0.4) is 0 Å². The molecule has 1 aromatic heterocycles. The zero-order chi connectivity index (χ0) is 24.1. The maximum Gasteiger partial charge on any atom is 0.290 e. The number of fused-ring (bicyclic) bond motifs is 2. The molecule has 180 valence electrons. The van der Waals surface area contributed by atoms with Gasteiger partial charge < -0.3 is 14.2 Å². The van der Waals surface area contributed by atoms with Gasteiger partial charge in [-0.15, -0.1) is 0 Å². The van der Waals surface area contributed by atoms with E-state index >= 15 is 0 Å². The number of para-hydroxylation sites is 1.